The zero-order valence-electron chi connectivity index (χ0n) is 12.3. The van der Waals surface area contributed by atoms with Crippen LogP contribution in [-0.4, -0.2) is 11.8 Å². The van der Waals surface area contributed by atoms with E-state index in [0.717, 1.165) is 12.1 Å². The van der Waals surface area contributed by atoms with Crippen molar-refractivity contribution in [3.63, 3.8) is 0 Å². The highest BCUT2D eigenvalue weighted by atomic mass is 16.1. The van der Waals surface area contributed by atoms with Crippen LogP contribution < -0.4 is 11.1 Å². The van der Waals surface area contributed by atoms with E-state index >= 15 is 0 Å². The molecule has 0 saturated heterocycles. The summed E-state index contributed by atoms with van der Waals surface area (Å²) in [5, 5.41) is 3.53. The fourth-order valence-corrected chi connectivity index (χ4v) is 2.30. The minimum atomic E-state index is 0.0140. The number of nitrogen functional groups attached to an aromatic ring is 1. The number of benzene rings is 1. The van der Waals surface area contributed by atoms with Crippen LogP contribution in [0.4, 0.5) is 11.4 Å². The maximum atomic E-state index is 11.3. The average molecular weight is 262 g/mol. The first-order valence-electron chi connectivity index (χ1n) is 7.25. The largest absolute Gasteiger partial charge is 0.398 e. The molecule has 1 aromatic carbocycles. The molecule has 0 aliphatic heterocycles. The van der Waals surface area contributed by atoms with E-state index in [9.17, 15) is 4.79 Å². The van der Waals surface area contributed by atoms with Gasteiger partial charge in [0.25, 0.3) is 0 Å². The molecule has 0 saturated carbocycles. The van der Waals surface area contributed by atoms with E-state index in [1.54, 1.807) is 6.92 Å². The average Bonchev–Trinajstić information content (AvgIpc) is 2.36. The van der Waals surface area contributed by atoms with Crippen molar-refractivity contribution in [2.75, 3.05) is 11.1 Å². The lowest BCUT2D eigenvalue weighted by Gasteiger charge is -2.19. The van der Waals surface area contributed by atoms with Crippen LogP contribution in [0.25, 0.3) is 0 Å². The maximum Gasteiger partial charge on any atom is 0.161 e. The topological polar surface area (TPSA) is 55.1 Å². The van der Waals surface area contributed by atoms with Gasteiger partial charge in [-0.15, -0.1) is 0 Å². The molecule has 0 aliphatic carbocycles. The van der Waals surface area contributed by atoms with E-state index < -0.39 is 0 Å². The fourth-order valence-electron chi connectivity index (χ4n) is 2.30. The Morgan fingerprint density at radius 2 is 2.00 bits per heavy atom. The Morgan fingerprint density at radius 3 is 2.53 bits per heavy atom. The number of anilines is 2. The molecule has 0 amide bonds. The molecule has 0 aliphatic rings. The number of carbonyl (C=O) groups is 1. The lowest BCUT2D eigenvalue weighted by Crippen LogP contribution is -2.19. The van der Waals surface area contributed by atoms with E-state index in [1.807, 2.05) is 18.2 Å². The summed E-state index contributed by atoms with van der Waals surface area (Å²) in [7, 11) is 0. The standard InChI is InChI=1S/C16H26N2O/c1-4-6-8-13(7-5-2)18-14-9-10-15(12(3)19)16(17)11-14/h9-11,13,18H,4-8,17H2,1-3H3. The first kappa shape index (κ1) is 15.5. The van der Waals surface area contributed by atoms with Crippen LogP contribution in [0.15, 0.2) is 18.2 Å². The van der Waals surface area contributed by atoms with Crippen molar-refractivity contribution in [3.8, 4) is 0 Å². The Labute approximate surface area is 116 Å². The summed E-state index contributed by atoms with van der Waals surface area (Å²) < 4.78 is 0. The summed E-state index contributed by atoms with van der Waals surface area (Å²) in [6, 6.07) is 6.11. The van der Waals surface area contributed by atoms with Gasteiger partial charge in [-0.1, -0.05) is 33.1 Å². The zero-order valence-corrected chi connectivity index (χ0v) is 12.3. The molecule has 1 rings (SSSR count). The Morgan fingerprint density at radius 1 is 1.26 bits per heavy atom. The Bertz CT molecular complexity index is 415. The minimum Gasteiger partial charge on any atom is -0.398 e. The summed E-state index contributed by atoms with van der Waals surface area (Å²) >= 11 is 0. The molecule has 1 unspecified atom stereocenters. The van der Waals surface area contributed by atoms with Crippen LogP contribution in [0.3, 0.4) is 0 Å². The van der Waals surface area contributed by atoms with Gasteiger partial charge in [0, 0.05) is 23.0 Å². The smallest absolute Gasteiger partial charge is 0.161 e. The fraction of sp³-hybridized carbons (Fsp3) is 0.562. The number of hydrogen-bond acceptors (Lipinski definition) is 3. The molecule has 0 fully saturated rings. The molecular formula is C16H26N2O. The van der Waals surface area contributed by atoms with Gasteiger partial charge < -0.3 is 11.1 Å². The highest BCUT2D eigenvalue weighted by molar-refractivity contribution is 5.99. The van der Waals surface area contributed by atoms with Crippen LogP contribution in [-0.2, 0) is 0 Å². The lowest BCUT2D eigenvalue weighted by atomic mass is 10.0. The second kappa shape index (κ2) is 7.82. The molecule has 3 nitrogen and oxygen atoms in total. The molecule has 0 radical (unpaired) electrons. The van der Waals surface area contributed by atoms with Crippen molar-refractivity contribution in [3.05, 3.63) is 23.8 Å². The Balaban J connectivity index is 2.73. The van der Waals surface area contributed by atoms with Crippen LogP contribution in [0.5, 0.6) is 0 Å². The van der Waals surface area contributed by atoms with Gasteiger partial charge >= 0.3 is 0 Å². The highest BCUT2D eigenvalue weighted by Crippen LogP contribution is 2.21. The molecule has 0 spiro atoms. The molecule has 1 atom stereocenters. The summed E-state index contributed by atoms with van der Waals surface area (Å²) in [4.78, 5) is 11.3. The van der Waals surface area contributed by atoms with Gasteiger partial charge in [-0.3, -0.25) is 4.79 Å². The van der Waals surface area contributed by atoms with Crippen LogP contribution in [0.1, 0.15) is 63.2 Å². The minimum absolute atomic E-state index is 0.0140. The van der Waals surface area contributed by atoms with Gasteiger partial charge in [-0.2, -0.15) is 0 Å². The number of ketones is 1. The van der Waals surface area contributed by atoms with E-state index in [4.69, 9.17) is 5.73 Å². The van der Waals surface area contributed by atoms with Crippen molar-refractivity contribution < 1.29 is 4.79 Å². The van der Waals surface area contributed by atoms with Crippen molar-refractivity contribution in [1.29, 1.82) is 0 Å². The molecule has 106 valence electrons. The van der Waals surface area contributed by atoms with Gasteiger partial charge in [0.15, 0.2) is 5.78 Å². The number of carbonyl (C=O) groups excluding carboxylic acids is 1. The zero-order chi connectivity index (χ0) is 14.3. The normalized spacial score (nSPS) is 12.2. The van der Waals surface area contributed by atoms with Crippen molar-refractivity contribution >= 4 is 17.2 Å². The van der Waals surface area contributed by atoms with Crippen LogP contribution in [0, 0.1) is 0 Å². The summed E-state index contributed by atoms with van der Waals surface area (Å²) in [6.45, 7) is 5.95. The molecule has 3 heteroatoms. The van der Waals surface area contributed by atoms with Gasteiger partial charge in [-0.25, -0.2) is 0 Å². The number of rotatable bonds is 8. The summed E-state index contributed by atoms with van der Waals surface area (Å²) in [5.41, 5.74) is 8.08. The van der Waals surface area contributed by atoms with Gasteiger partial charge in [0.05, 0.1) is 0 Å². The molecule has 19 heavy (non-hydrogen) atoms. The van der Waals surface area contributed by atoms with E-state index in [-0.39, 0.29) is 5.78 Å². The molecule has 0 heterocycles. The van der Waals surface area contributed by atoms with E-state index in [2.05, 4.69) is 19.2 Å². The monoisotopic (exact) mass is 262 g/mol. The van der Waals surface area contributed by atoms with Gasteiger partial charge in [0.1, 0.15) is 0 Å². The molecule has 0 bridgehead atoms. The quantitative estimate of drug-likeness (QED) is 0.544. The van der Waals surface area contributed by atoms with Crippen molar-refractivity contribution in [2.24, 2.45) is 0 Å². The number of nitrogens with one attached hydrogen (secondary N) is 1. The summed E-state index contributed by atoms with van der Waals surface area (Å²) in [6.07, 6.45) is 5.96. The molecule has 3 N–H and O–H groups in total. The second-order valence-corrected chi connectivity index (χ2v) is 5.13. The molecule has 0 aromatic heterocycles. The third-order valence-electron chi connectivity index (χ3n) is 3.34. The van der Waals surface area contributed by atoms with E-state index in [1.165, 1.54) is 25.7 Å². The van der Waals surface area contributed by atoms with Crippen molar-refractivity contribution in [2.45, 2.75) is 58.9 Å². The van der Waals surface area contributed by atoms with Gasteiger partial charge in [0.2, 0.25) is 0 Å². The Hall–Kier alpha value is -1.51. The first-order chi connectivity index (χ1) is 9.08. The molecule has 1 aromatic rings. The third-order valence-corrected chi connectivity index (χ3v) is 3.34. The lowest BCUT2D eigenvalue weighted by molar-refractivity contribution is 0.101. The predicted molar refractivity (Wildman–Crippen MR) is 82.7 cm³/mol. The van der Waals surface area contributed by atoms with Crippen LogP contribution >= 0.6 is 0 Å². The third kappa shape index (κ3) is 4.93. The maximum absolute atomic E-state index is 11.3. The second-order valence-electron chi connectivity index (χ2n) is 5.13. The van der Waals surface area contributed by atoms with Crippen LogP contribution in [0.2, 0.25) is 0 Å². The number of unbranched alkanes of at least 4 members (excludes halogenated alkanes) is 1. The van der Waals surface area contributed by atoms with Gasteiger partial charge in [-0.05, 0) is 38.0 Å². The first-order valence-corrected chi connectivity index (χ1v) is 7.25. The number of nitrogens with two attached hydrogens (primary N) is 1. The SMILES string of the molecule is CCCCC(CCC)Nc1ccc(C(C)=O)c(N)c1. The molecular weight excluding hydrogens is 236 g/mol. The Kier molecular flexibility index (Phi) is 6.40. The van der Waals surface area contributed by atoms with Crippen molar-refractivity contribution in [1.82, 2.24) is 0 Å². The summed E-state index contributed by atoms with van der Waals surface area (Å²) in [5.74, 6) is 0.0140. The predicted octanol–water partition coefficient (Wildman–Crippen LogP) is 4.24. The highest BCUT2D eigenvalue weighted by Gasteiger charge is 2.09. The number of hydrogen-bond donors (Lipinski definition) is 2. The number of Topliss-reactive ketones (excluding diaryl/α,β-unsaturated/α-hetero) is 1. The van der Waals surface area contributed by atoms with E-state index in [0.29, 0.717) is 17.3 Å².